The molecule has 0 aromatic carbocycles. The third-order valence-corrected chi connectivity index (χ3v) is 9.99. The van der Waals surface area contributed by atoms with Crippen molar-refractivity contribution in [3.8, 4) is 0 Å². The zero-order valence-corrected chi connectivity index (χ0v) is 21.6. The molecule has 2 bridgehead atoms. The number of hydrogen-bond donors (Lipinski definition) is 4. The number of carbonyl (C=O) groups excluding carboxylic acids is 4. The van der Waals surface area contributed by atoms with Crippen LogP contribution < -0.4 is 10.6 Å². The summed E-state index contributed by atoms with van der Waals surface area (Å²) in [6.07, 6.45) is 9.70. The summed E-state index contributed by atoms with van der Waals surface area (Å²) >= 11 is 0. The fraction of sp³-hybridized carbons (Fsp3) is 0.655. The molecule has 200 valence electrons. The van der Waals surface area contributed by atoms with Gasteiger partial charge in [-0.3, -0.25) is 19.2 Å². The van der Waals surface area contributed by atoms with Crippen molar-refractivity contribution in [1.29, 1.82) is 0 Å². The molecule has 3 aliphatic carbocycles. The number of hydrogen-bond acceptors (Lipinski definition) is 6. The first-order valence-corrected chi connectivity index (χ1v) is 13.8. The van der Waals surface area contributed by atoms with Gasteiger partial charge in [-0.05, 0) is 79.3 Å². The van der Waals surface area contributed by atoms with Crippen LogP contribution in [0.3, 0.4) is 0 Å². The van der Waals surface area contributed by atoms with Crippen LogP contribution in [0.15, 0.2) is 35.6 Å². The smallest absolute Gasteiger partial charge is 0.259 e. The van der Waals surface area contributed by atoms with Crippen molar-refractivity contribution in [3.63, 3.8) is 0 Å². The average molecular weight is 511 g/mol. The highest BCUT2D eigenvalue weighted by atomic mass is 16.3. The lowest BCUT2D eigenvalue weighted by Gasteiger charge is -2.40. The molecule has 3 saturated carbocycles. The van der Waals surface area contributed by atoms with E-state index in [-0.39, 0.29) is 53.9 Å². The van der Waals surface area contributed by atoms with Crippen LogP contribution in [0.5, 0.6) is 0 Å². The highest BCUT2D eigenvalue weighted by Gasteiger charge is 2.58. The molecule has 0 spiro atoms. The number of aliphatic hydroxyl groups is 2. The molecule has 5 rings (SSSR count). The number of aliphatic hydroxyl groups excluding tert-OH is 2. The van der Waals surface area contributed by atoms with E-state index in [1.165, 1.54) is 18.6 Å². The van der Waals surface area contributed by atoms with Crippen LogP contribution in [0.2, 0.25) is 0 Å². The SMILES string of the molecule is CC[C@H]1C[C@H]2C[C@H]3[C@@H]4C/C=C\C(=O)NCC[C@H](O)[C@@H]5NC(=O)/C(=C(O)/C=C\[C@H]4CC(=O)[C@@H]3[C@H]2[C@@H]1C)C5=O. The van der Waals surface area contributed by atoms with E-state index in [4.69, 9.17) is 0 Å². The molecular weight excluding hydrogens is 472 g/mol. The maximum Gasteiger partial charge on any atom is 0.259 e. The summed E-state index contributed by atoms with van der Waals surface area (Å²) in [4.78, 5) is 51.2. The molecule has 1 saturated heterocycles. The molecular formula is C29H38N2O6. The summed E-state index contributed by atoms with van der Waals surface area (Å²) in [5.41, 5.74) is -0.372. The van der Waals surface area contributed by atoms with E-state index in [0.717, 1.165) is 12.8 Å². The first-order chi connectivity index (χ1) is 17.7. The second-order valence-electron chi connectivity index (χ2n) is 11.7. The Hall–Kier alpha value is -2.74. The van der Waals surface area contributed by atoms with Gasteiger partial charge in [0.25, 0.3) is 5.91 Å². The van der Waals surface area contributed by atoms with Gasteiger partial charge in [0.05, 0.1) is 6.10 Å². The van der Waals surface area contributed by atoms with Gasteiger partial charge in [0.2, 0.25) is 5.91 Å². The third-order valence-electron chi connectivity index (χ3n) is 9.99. The summed E-state index contributed by atoms with van der Waals surface area (Å²) in [6.45, 7) is 4.68. The van der Waals surface area contributed by atoms with Gasteiger partial charge in [-0.1, -0.05) is 32.4 Å². The maximum atomic E-state index is 13.5. The Balaban J connectivity index is 1.47. The van der Waals surface area contributed by atoms with Crippen LogP contribution in [0.4, 0.5) is 0 Å². The topological polar surface area (TPSA) is 133 Å². The molecule has 4 N–H and O–H groups in total. The van der Waals surface area contributed by atoms with Gasteiger partial charge in [-0.25, -0.2) is 0 Å². The van der Waals surface area contributed by atoms with Crippen molar-refractivity contribution >= 4 is 23.4 Å². The average Bonchev–Trinajstić information content (AvgIpc) is 3.48. The molecule has 8 nitrogen and oxygen atoms in total. The van der Waals surface area contributed by atoms with Gasteiger partial charge in [0.1, 0.15) is 23.2 Å². The summed E-state index contributed by atoms with van der Waals surface area (Å²) in [7, 11) is 0. The predicted octanol–water partition coefficient (Wildman–Crippen LogP) is 2.39. The van der Waals surface area contributed by atoms with E-state index in [1.807, 2.05) is 6.08 Å². The summed E-state index contributed by atoms with van der Waals surface area (Å²) < 4.78 is 0. The quantitative estimate of drug-likeness (QED) is 0.401. The van der Waals surface area contributed by atoms with E-state index in [2.05, 4.69) is 24.5 Å². The molecule has 0 aromatic heterocycles. The van der Waals surface area contributed by atoms with Gasteiger partial charge >= 0.3 is 0 Å². The second-order valence-corrected chi connectivity index (χ2v) is 11.7. The zero-order chi connectivity index (χ0) is 26.4. The highest BCUT2D eigenvalue weighted by molar-refractivity contribution is 6.27. The minimum atomic E-state index is -1.20. The van der Waals surface area contributed by atoms with Crippen LogP contribution in [0.25, 0.3) is 0 Å². The summed E-state index contributed by atoms with van der Waals surface area (Å²) in [5, 5.41) is 26.3. The van der Waals surface area contributed by atoms with E-state index in [9.17, 15) is 29.4 Å². The molecule has 0 radical (unpaired) electrons. The molecule has 0 aromatic rings. The first-order valence-electron chi connectivity index (χ1n) is 13.8. The Kier molecular flexibility index (Phi) is 7.14. The molecule has 5 aliphatic rings. The van der Waals surface area contributed by atoms with Crippen molar-refractivity contribution < 1.29 is 29.4 Å². The van der Waals surface area contributed by atoms with Crippen LogP contribution in [0.1, 0.15) is 52.4 Å². The van der Waals surface area contributed by atoms with Gasteiger partial charge in [-0.15, -0.1) is 0 Å². The van der Waals surface area contributed by atoms with E-state index in [0.29, 0.717) is 36.5 Å². The minimum Gasteiger partial charge on any atom is -0.507 e. The van der Waals surface area contributed by atoms with Crippen molar-refractivity contribution in [2.24, 2.45) is 47.3 Å². The normalized spacial score (nSPS) is 46.0. The molecule has 4 fully saturated rings. The predicted molar refractivity (Wildman–Crippen MR) is 136 cm³/mol. The van der Waals surface area contributed by atoms with Crippen molar-refractivity contribution in [3.05, 3.63) is 35.6 Å². The number of Topliss-reactive ketones (excluding diaryl/α,β-unsaturated/α-hetero) is 2. The standard InChI is InChI=1S/C29H38N2O6/c1-3-15-11-17-12-19-18-5-4-6-23(35)30-10-9-21(33)27-28(36)26(29(37)31-27)20(32)8-7-16(18)13-22(34)25(19)24(17)14(15)2/h4,6-8,14-19,21,24-25,27,32-33H,3,5,9-13H2,1-2H3,(H,30,35)(H,31,37)/b6-4-,8-7-,26-20-/t14-,15+,16+,17+,18-,19+,21+,24+,25-,27+/m1/s1. The Morgan fingerprint density at radius 3 is 2.62 bits per heavy atom. The van der Waals surface area contributed by atoms with Crippen molar-refractivity contribution in [2.75, 3.05) is 6.54 Å². The largest absolute Gasteiger partial charge is 0.507 e. The first kappa shape index (κ1) is 25.9. The fourth-order valence-electron chi connectivity index (χ4n) is 8.25. The lowest BCUT2D eigenvalue weighted by atomic mass is 9.63. The van der Waals surface area contributed by atoms with E-state index < -0.39 is 29.6 Å². The van der Waals surface area contributed by atoms with Gasteiger partial charge in [0.15, 0.2) is 5.78 Å². The minimum absolute atomic E-state index is 0.0374. The third kappa shape index (κ3) is 4.58. The number of rotatable bonds is 1. The molecule has 2 aliphatic heterocycles. The van der Waals surface area contributed by atoms with Crippen molar-refractivity contribution in [1.82, 2.24) is 10.6 Å². The Morgan fingerprint density at radius 1 is 1.08 bits per heavy atom. The Labute approximate surface area is 217 Å². The second kappa shape index (κ2) is 10.2. The number of amides is 2. The van der Waals surface area contributed by atoms with Gasteiger partial charge in [0, 0.05) is 18.9 Å². The number of nitrogens with one attached hydrogen (secondary N) is 2. The molecule has 8 heteroatoms. The maximum absolute atomic E-state index is 13.5. The van der Waals surface area contributed by atoms with Crippen LogP contribution in [-0.4, -0.2) is 52.3 Å². The van der Waals surface area contributed by atoms with E-state index in [1.54, 1.807) is 6.08 Å². The van der Waals surface area contributed by atoms with Crippen LogP contribution >= 0.6 is 0 Å². The Bertz CT molecular complexity index is 1080. The van der Waals surface area contributed by atoms with Gasteiger partial charge < -0.3 is 20.8 Å². The fourth-order valence-corrected chi connectivity index (χ4v) is 8.25. The number of fused-ring (bicyclic) bond motifs is 7. The number of ketones is 2. The monoisotopic (exact) mass is 510 g/mol. The molecule has 2 amide bonds. The number of carbonyl (C=O) groups is 4. The lowest BCUT2D eigenvalue weighted by molar-refractivity contribution is -0.131. The zero-order valence-electron chi connectivity index (χ0n) is 21.6. The summed E-state index contributed by atoms with van der Waals surface area (Å²) in [6, 6.07) is -1.17. The molecule has 0 unspecified atom stereocenters. The molecule has 10 atom stereocenters. The molecule has 37 heavy (non-hydrogen) atoms. The Morgan fingerprint density at radius 2 is 1.86 bits per heavy atom. The van der Waals surface area contributed by atoms with Crippen molar-refractivity contribution in [2.45, 2.75) is 64.5 Å². The molecule has 2 heterocycles. The highest BCUT2D eigenvalue weighted by Crippen LogP contribution is 2.61. The number of allylic oxidation sites excluding steroid dienone is 3. The lowest BCUT2D eigenvalue weighted by Crippen LogP contribution is -2.42. The van der Waals surface area contributed by atoms with Gasteiger partial charge in [-0.2, -0.15) is 0 Å². The summed E-state index contributed by atoms with van der Waals surface area (Å²) in [5.74, 6) is 0.507. The van der Waals surface area contributed by atoms with Crippen LogP contribution in [-0.2, 0) is 19.2 Å². The van der Waals surface area contributed by atoms with E-state index >= 15 is 0 Å². The van der Waals surface area contributed by atoms with Crippen LogP contribution in [0, 0.1) is 47.3 Å².